The number of carbonyl (C=O) groups is 2. The number of fused-ring (bicyclic) bond motifs is 2. The zero-order valence-electron chi connectivity index (χ0n) is 21.4. The van der Waals surface area contributed by atoms with Crippen molar-refractivity contribution < 1.29 is 23.2 Å². The van der Waals surface area contributed by atoms with Crippen molar-refractivity contribution in [3.63, 3.8) is 0 Å². The molecule has 8 nitrogen and oxygen atoms in total. The molecule has 2 aromatic heterocycles. The summed E-state index contributed by atoms with van der Waals surface area (Å²) in [5.41, 5.74) is 9.27. The van der Waals surface area contributed by atoms with E-state index in [-0.39, 0.29) is 24.0 Å². The average Bonchev–Trinajstić information content (AvgIpc) is 3.46. The van der Waals surface area contributed by atoms with Gasteiger partial charge in [0.1, 0.15) is 17.1 Å². The predicted molar refractivity (Wildman–Crippen MR) is 141 cm³/mol. The van der Waals surface area contributed by atoms with Crippen molar-refractivity contribution in [2.75, 3.05) is 12.4 Å². The number of hydrogen-bond donors (Lipinski definition) is 2. The quantitative estimate of drug-likeness (QED) is 0.335. The molecule has 0 saturated heterocycles. The number of aryl methyl sites for hydroxylation is 3. The minimum absolute atomic E-state index is 0.149. The van der Waals surface area contributed by atoms with E-state index in [1.54, 1.807) is 25.5 Å². The molecule has 0 radical (unpaired) electrons. The van der Waals surface area contributed by atoms with Crippen LogP contribution in [0.5, 0.6) is 5.75 Å². The third-order valence-electron chi connectivity index (χ3n) is 6.90. The molecule has 37 heavy (non-hydrogen) atoms. The van der Waals surface area contributed by atoms with Crippen molar-refractivity contribution in [1.82, 2.24) is 5.43 Å². The van der Waals surface area contributed by atoms with Crippen LogP contribution in [0.4, 0.5) is 5.69 Å². The zero-order valence-corrected chi connectivity index (χ0v) is 21.4. The smallest absolute Gasteiger partial charge is 0.291 e. The topological polar surface area (TPSA) is 106 Å². The molecule has 2 N–H and O–H groups in total. The summed E-state index contributed by atoms with van der Waals surface area (Å²) in [6.45, 7) is 5.88. The Labute approximate surface area is 214 Å². The Hall–Kier alpha value is -4.33. The molecular weight excluding hydrogens is 470 g/mol. The Morgan fingerprint density at radius 2 is 1.86 bits per heavy atom. The number of methoxy groups -OCH3 is 1. The molecule has 0 unspecified atom stereocenters. The Kier molecular flexibility index (Phi) is 6.56. The van der Waals surface area contributed by atoms with Gasteiger partial charge in [0.15, 0.2) is 5.76 Å². The predicted octanol–water partition coefficient (Wildman–Crippen LogP) is 5.61. The fraction of sp³-hybridized carbons (Fsp3) is 0.276. The monoisotopic (exact) mass is 499 g/mol. The van der Waals surface area contributed by atoms with Gasteiger partial charge in [0.2, 0.25) is 5.91 Å². The minimum atomic E-state index is -0.364. The summed E-state index contributed by atoms with van der Waals surface area (Å²) in [6.07, 6.45) is 3.97. The van der Waals surface area contributed by atoms with Gasteiger partial charge in [-0.15, -0.1) is 0 Å². The number of ether oxygens (including phenoxy) is 1. The van der Waals surface area contributed by atoms with Crippen LogP contribution in [0.25, 0.3) is 11.0 Å². The maximum atomic E-state index is 13.0. The van der Waals surface area contributed by atoms with Crippen molar-refractivity contribution in [3.05, 3.63) is 82.0 Å². The molecule has 0 fully saturated rings. The fourth-order valence-corrected chi connectivity index (χ4v) is 4.79. The Morgan fingerprint density at radius 1 is 1.05 bits per heavy atom. The Morgan fingerprint density at radius 3 is 2.68 bits per heavy atom. The number of hydrazone groups is 1. The summed E-state index contributed by atoms with van der Waals surface area (Å²) in [7, 11) is 1.55. The number of amides is 2. The van der Waals surface area contributed by atoms with E-state index in [2.05, 4.69) is 15.8 Å². The third-order valence-corrected chi connectivity index (χ3v) is 6.90. The van der Waals surface area contributed by atoms with Gasteiger partial charge in [-0.1, -0.05) is 24.3 Å². The van der Waals surface area contributed by atoms with Crippen LogP contribution in [0.3, 0.4) is 0 Å². The number of hydrogen-bond acceptors (Lipinski definition) is 6. The summed E-state index contributed by atoms with van der Waals surface area (Å²) in [6, 6.07) is 11.2. The number of anilines is 1. The molecule has 1 aliphatic rings. The Balaban J connectivity index is 1.34. The van der Waals surface area contributed by atoms with E-state index >= 15 is 0 Å². The van der Waals surface area contributed by atoms with E-state index in [9.17, 15) is 9.59 Å². The van der Waals surface area contributed by atoms with E-state index in [0.717, 1.165) is 39.6 Å². The highest BCUT2D eigenvalue weighted by molar-refractivity contribution is 6.09. The van der Waals surface area contributed by atoms with E-state index in [1.807, 2.05) is 45.0 Å². The number of para-hydroxylation sites is 2. The van der Waals surface area contributed by atoms with Gasteiger partial charge in [-0.05, 0) is 56.9 Å². The van der Waals surface area contributed by atoms with Gasteiger partial charge in [-0.3, -0.25) is 9.59 Å². The van der Waals surface area contributed by atoms with Crippen LogP contribution in [-0.2, 0) is 17.6 Å². The van der Waals surface area contributed by atoms with Crippen LogP contribution in [-0.4, -0.2) is 24.6 Å². The average molecular weight is 500 g/mol. The van der Waals surface area contributed by atoms with Gasteiger partial charge >= 0.3 is 0 Å². The molecule has 0 spiro atoms. The lowest BCUT2D eigenvalue weighted by Gasteiger charge is -2.13. The van der Waals surface area contributed by atoms with Crippen LogP contribution < -0.4 is 15.5 Å². The maximum absolute atomic E-state index is 13.0. The molecule has 1 aliphatic carbocycles. The first-order valence-electron chi connectivity index (χ1n) is 12.3. The largest absolute Gasteiger partial charge is 0.495 e. The Bertz CT molecular complexity index is 1540. The molecule has 5 rings (SSSR count). The SMILES string of the molecule is COc1ccccc1NC(=O)c1oc2c(c1C)/C(=N/NC(=O)Cc1coc3c(C)c(C)ccc13)CCC2. The van der Waals surface area contributed by atoms with Crippen LogP contribution in [0.15, 0.2) is 56.6 Å². The number of rotatable bonds is 6. The maximum Gasteiger partial charge on any atom is 0.291 e. The first-order valence-corrected chi connectivity index (χ1v) is 12.3. The van der Waals surface area contributed by atoms with Crippen molar-refractivity contribution in [3.8, 4) is 5.75 Å². The van der Waals surface area contributed by atoms with Gasteiger partial charge in [0.25, 0.3) is 5.91 Å². The molecule has 2 aromatic carbocycles. The van der Waals surface area contributed by atoms with E-state index in [1.165, 1.54) is 0 Å². The normalized spacial score (nSPS) is 14.0. The highest BCUT2D eigenvalue weighted by atomic mass is 16.5. The van der Waals surface area contributed by atoms with E-state index in [4.69, 9.17) is 13.6 Å². The summed E-state index contributed by atoms with van der Waals surface area (Å²) >= 11 is 0. The molecular formula is C29H29N3O5. The van der Waals surface area contributed by atoms with Crippen molar-refractivity contribution in [1.29, 1.82) is 0 Å². The molecule has 0 saturated carbocycles. The third kappa shape index (κ3) is 4.62. The van der Waals surface area contributed by atoms with Crippen LogP contribution in [0, 0.1) is 20.8 Å². The lowest BCUT2D eigenvalue weighted by Crippen LogP contribution is -2.23. The lowest BCUT2D eigenvalue weighted by atomic mass is 9.93. The second kappa shape index (κ2) is 9.97. The first-order chi connectivity index (χ1) is 17.9. The van der Waals surface area contributed by atoms with Gasteiger partial charge in [-0.2, -0.15) is 5.10 Å². The number of nitrogens with one attached hydrogen (secondary N) is 2. The standard InChI is InChI=1S/C29H29N3O5/c1-16-12-13-20-19(15-36-27(20)17(16)2)14-25(33)32-31-22-9-7-11-24-26(22)18(3)28(37-24)29(34)30-21-8-5-6-10-23(21)35-4/h5-6,8,10,12-13,15H,7,9,11,14H2,1-4H3,(H,30,34)(H,32,33)/b31-22+. The molecule has 0 atom stereocenters. The fourth-order valence-electron chi connectivity index (χ4n) is 4.79. The molecule has 190 valence electrons. The van der Waals surface area contributed by atoms with Crippen LogP contribution >= 0.6 is 0 Å². The second-order valence-electron chi connectivity index (χ2n) is 9.28. The number of nitrogens with zero attached hydrogens (tertiary/aromatic N) is 1. The number of benzene rings is 2. The molecule has 0 bridgehead atoms. The van der Waals surface area contributed by atoms with E-state index in [0.29, 0.717) is 41.3 Å². The van der Waals surface area contributed by atoms with Crippen molar-refractivity contribution in [2.45, 2.75) is 46.5 Å². The summed E-state index contributed by atoms with van der Waals surface area (Å²) in [5.74, 6) is 0.888. The summed E-state index contributed by atoms with van der Waals surface area (Å²) in [5, 5.41) is 8.23. The zero-order chi connectivity index (χ0) is 26.1. The second-order valence-corrected chi connectivity index (χ2v) is 9.28. The molecule has 8 heteroatoms. The van der Waals surface area contributed by atoms with Gasteiger partial charge in [0.05, 0.1) is 31.2 Å². The molecule has 0 aliphatic heterocycles. The minimum Gasteiger partial charge on any atom is -0.495 e. The van der Waals surface area contributed by atoms with Crippen molar-refractivity contribution >= 4 is 34.2 Å². The van der Waals surface area contributed by atoms with Gasteiger partial charge < -0.3 is 18.9 Å². The van der Waals surface area contributed by atoms with Gasteiger partial charge in [-0.25, -0.2) is 5.43 Å². The summed E-state index contributed by atoms with van der Waals surface area (Å²) < 4.78 is 17.0. The van der Waals surface area contributed by atoms with Crippen LogP contribution in [0.1, 0.15) is 57.0 Å². The van der Waals surface area contributed by atoms with E-state index < -0.39 is 0 Å². The first kappa shape index (κ1) is 24.4. The molecule has 4 aromatic rings. The lowest BCUT2D eigenvalue weighted by molar-refractivity contribution is -0.120. The number of furan rings is 2. The summed E-state index contributed by atoms with van der Waals surface area (Å²) in [4.78, 5) is 25.8. The van der Waals surface area contributed by atoms with Crippen molar-refractivity contribution in [2.24, 2.45) is 5.10 Å². The molecule has 2 amide bonds. The highest BCUT2D eigenvalue weighted by Crippen LogP contribution is 2.32. The van der Waals surface area contributed by atoms with Gasteiger partial charge in [0, 0.05) is 28.5 Å². The highest BCUT2D eigenvalue weighted by Gasteiger charge is 2.28. The van der Waals surface area contributed by atoms with Crippen LogP contribution in [0.2, 0.25) is 0 Å². The number of carbonyl (C=O) groups excluding carboxylic acids is 2. The molecule has 2 heterocycles.